The van der Waals surface area contributed by atoms with Gasteiger partial charge >= 0.3 is 6.09 Å². The molecule has 1 aliphatic heterocycles. The molecule has 0 atom stereocenters. The minimum Gasteiger partial charge on any atom is -0.488 e. The maximum absolute atomic E-state index is 12.1. The molecule has 1 aliphatic rings. The van der Waals surface area contributed by atoms with E-state index in [-0.39, 0.29) is 12.2 Å². The first-order valence-corrected chi connectivity index (χ1v) is 9.52. The summed E-state index contributed by atoms with van der Waals surface area (Å²) in [5.41, 5.74) is 2.15. The number of likely N-dealkylation sites (tertiary alicyclic amines) is 1. The average molecular weight is 356 g/mol. The lowest BCUT2D eigenvalue weighted by molar-refractivity contribution is 0.0622. The smallest absolute Gasteiger partial charge is 0.409 e. The molecule has 5 nitrogen and oxygen atoms in total. The number of aryl methyl sites for hydroxylation is 1. The van der Waals surface area contributed by atoms with E-state index in [9.17, 15) is 4.79 Å². The van der Waals surface area contributed by atoms with Crippen LogP contribution in [0.25, 0.3) is 10.9 Å². The number of carbonyl (C=O) groups is 1. The van der Waals surface area contributed by atoms with Crippen molar-refractivity contribution in [1.29, 1.82) is 0 Å². The molecule has 0 unspecified atom stereocenters. The van der Waals surface area contributed by atoms with E-state index >= 15 is 0 Å². The first-order valence-electron chi connectivity index (χ1n) is 9.52. The zero-order valence-electron chi connectivity index (χ0n) is 15.9. The third-order valence-electron chi connectivity index (χ3n) is 4.67. The number of pyridine rings is 1. The van der Waals surface area contributed by atoms with Crippen LogP contribution in [0.15, 0.2) is 30.5 Å². The van der Waals surface area contributed by atoms with Gasteiger partial charge in [-0.2, -0.15) is 0 Å². The number of rotatable bonds is 5. The predicted octanol–water partition coefficient (Wildman–Crippen LogP) is 4.43. The number of hydrogen-bond donors (Lipinski definition) is 0. The highest BCUT2D eigenvalue weighted by Gasteiger charge is 2.25. The SMILES string of the molecule is CCc1cc(OC2CCN(C(=O)OCC(C)C)CC2)c2ncccc2c1. The van der Waals surface area contributed by atoms with E-state index in [2.05, 4.69) is 30.1 Å². The lowest BCUT2D eigenvalue weighted by Crippen LogP contribution is -2.42. The summed E-state index contributed by atoms with van der Waals surface area (Å²) >= 11 is 0. The van der Waals surface area contributed by atoms with Gasteiger partial charge < -0.3 is 14.4 Å². The zero-order valence-corrected chi connectivity index (χ0v) is 15.9. The fourth-order valence-corrected chi connectivity index (χ4v) is 3.18. The van der Waals surface area contributed by atoms with Crippen molar-refractivity contribution in [3.63, 3.8) is 0 Å². The van der Waals surface area contributed by atoms with Gasteiger partial charge in [-0.15, -0.1) is 0 Å². The molecule has 5 heteroatoms. The van der Waals surface area contributed by atoms with Gasteiger partial charge in [-0.3, -0.25) is 4.98 Å². The van der Waals surface area contributed by atoms with Crippen molar-refractivity contribution >= 4 is 17.0 Å². The number of piperidine rings is 1. The van der Waals surface area contributed by atoms with Crippen molar-refractivity contribution in [3.8, 4) is 5.75 Å². The van der Waals surface area contributed by atoms with Gasteiger partial charge in [0.15, 0.2) is 0 Å². The van der Waals surface area contributed by atoms with Crippen LogP contribution in [-0.4, -0.2) is 41.8 Å². The van der Waals surface area contributed by atoms with Crippen LogP contribution in [0.2, 0.25) is 0 Å². The minimum atomic E-state index is -0.211. The number of hydrogen-bond acceptors (Lipinski definition) is 4. The van der Waals surface area contributed by atoms with Crippen molar-refractivity contribution in [1.82, 2.24) is 9.88 Å². The molecule has 0 aliphatic carbocycles. The van der Waals surface area contributed by atoms with Crippen LogP contribution in [0.3, 0.4) is 0 Å². The third-order valence-corrected chi connectivity index (χ3v) is 4.67. The Hall–Kier alpha value is -2.30. The Kier molecular flexibility index (Phi) is 5.96. The molecule has 1 aromatic heterocycles. The van der Waals surface area contributed by atoms with Crippen LogP contribution in [0.5, 0.6) is 5.75 Å². The molecule has 2 aromatic rings. The Morgan fingerprint density at radius 2 is 2.08 bits per heavy atom. The number of amides is 1. The second-order valence-electron chi connectivity index (χ2n) is 7.30. The summed E-state index contributed by atoms with van der Waals surface area (Å²) in [5.74, 6) is 1.20. The van der Waals surface area contributed by atoms with Gasteiger partial charge in [-0.25, -0.2) is 4.79 Å². The Labute approximate surface area is 155 Å². The zero-order chi connectivity index (χ0) is 18.5. The van der Waals surface area contributed by atoms with Crippen LogP contribution in [-0.2, 0) is 11.2 Å². The fourth-order valence-electron chi connectivity index (χ4n) is 3.18. The summed E-state index contributed by atoms with van der Waals surface area (Å²) in [7, 11) is 0. The van der Waals surface area contributed by atoms with E-state index in [1.807, 2.05) is 19.9 Å². The molecular formula is C21H28N2O3. The van der Waals surface area contributed by atoms with Crippen LogP contribution >= 0.6 is 0 Å². The maximum atomic E-state index is 12.1. The van der Waals surface area contributed by atoms with E-state index in [1.54, 1.807) is 11.1 Å². The number of aromatic nitrogens is 1. The molecule has 0 bridgehead atoms. The Bertz CT molecular complexity index is 752. The Morgan fingerprint density at radius 3 is 2.77 bits per heavy atom. The van der Waals surface area contributed by atoms with Crippen LogP contribution in [0.4, 0.5) is 4.79 Å². The van der Waals surface area contributed by atoms with Gasteiger partial charge in [0, 0.05) is 37.5 Å². The van der Waals surface area contributed by atoms with Gasteiger partial charge in [-0.1, -0.05) is 26.8 Å². The van der Waals surface area contributed by atoms with E-state index < -0.39 is 0 Å². The van der Waals surface area contributed by atoms with Crippen molar-refractivity contribution in [2.75, 3.05) is 19.7 Å². The molecule has 26 heavy (non-hydrogen) atoms. The largest absolute Gasteiger partial charge is 0.488 e. The first-order chi connectivity index (χ1) is 12.6. The fraction of sp³-hybridized carbons (Fsp3) is 0.524. The molecule has 0 spiro atoms. The molecule has 3 rings (SSSR count). The lowest BCUT2D eigenvalue weighted by atomic mass is 10.1. The average Bonchev–Trinajstić information content (AvgIpc) is 2.66. The molecular weight excluding hydrogens is 328 g/mol. The minimum absolute atomic E-state index is 0.0986. The van der Waals surface area contributed by atoms with Crippen molar-refractivity contribution in [2.24, 2.45) is 5.92 Å². The van der Waals surface area contributed by atoms with Crippen molar-refractivity contribution < 1.29 is 14.3 Å². The Balaban J connectivity index is 1.63. The van der Waals surface area contributed by atoms with Crippen molar-refractivity contribution in [2.45, 2.75) is 46.1 Å². The van der Waals surface area contributed by atoms with Gasteiger partial charge in [0.1, 0.15) is 17.4 Å². The highest BCUT2D eigenvalue weighted by atomic mass is 16.6. The summed E-state index contributed by atoms with van der Waals surface area (Å²) in [6.45, 7) is 8.02. The Morgan fingerprint density at radius 1 is 1.31 bits per heavy atom. The topological polar surface area (TPSA) is 51.7 Å². The van der Waals surface area contributed by atoms with Gasteiger partial charge in [0.2, 0.25) is 0 Å². The molecule has 1 fully saturated rings. The molecule has 1 saturated heterocycles. The summed E-state index contributed by atoms with van der Waals surface area (Å²) in [4.78, 5) is 18.4. The molecule has 0 saturated carbocycles. The van der Waals surface area contributed by atoms with E-state index in [0.29, 0.717) is 25.6 Å². The number of nitrogens with zero attached hydrogens (tertiary/aromatic N) is 2. The summed E-state index contributed by atoms with van der Waals surface area (Å²) < 4.78 is 11.6. The number of ether oxygens (including phenoxy) is 2. The lowest BCUT2D eigenvalue weighted by Gasteiger charge is -2.32. The predicted molar refractivity (Wildman–Crippen MR) is 103 cm³/mol. The summed E-state index contributed by atoms with van der Waals surface area (Å²) in [6, 6.07) is 8.29. The highest BCUT2D eigenvalue weighted by molar-refractivity contribution is 5.85. The second-order valence-corrected chi connectivity index (χ2v) is 7.30. The molecule has 1 aromatic carbocycles. The third kappa shape index (κ3) is 4.45. The van der Waals surface area contributed by atoms with E-state index in [4.69, 9.17) is 9.47 Å². The van der Waals surface area contributed by atoms with Gasteiger partial charge in [-0.05, 0) is 36.1 Å². The van der Waals surface area contributed by atoms with Crippen LogP contribution in [0, 0.1) is 5.92 Å². The molecule has 140 valence electrons. The number of benzene rings is 1. The van der Waals surface area contributed by atoms with Crippen LogP contribution in [0.1, 0.15) is 39.2 Å². The number of carbonyl (C=O) groups excluding carboxylic acids is 1. The monoisotopic (exact) mass is 356 g/mol. The highest BCUT2D eigenvalue weighted by Crippen LogP contribution is 2.29. The first kappa shape index (κ1) is 18.5. The normalized spacial score (nSPS) is 15.5. The molecule has 0 N–H and O–H groups in total. The van der Waals surface area contributed by atoms with Crippen LogP contribution < -0.4 is 4.74 Å². The summed E-state index contributed by atoms with van der Waals surface area (Å²) in [5, 5.41) is 1.11. The molecule has 0 radical (unpaired) electrons. The van der Waals surface area contributed by atoms with Gasteiger partial charge in [0.05, 0.1) is 6.61 Å². The molecule has 2 heterocycles. The molecule has 1 amide bonds. The quantitative estimate of drug-likeness (QED) is 0.795. The number of fused-ring (bicyclic) bond motifs is 1. The van der Waals surface area contributed by atoms with Crippen molar-refractivity contribution in [3.05, 3.63) is 36.0 Å². The second kappa shape index (κ2) is 8.39. The van der Waals surface area contributed by atoms with E-state index in [0.717, 1.165) is 35.9 Å². The van der Waals surface area contributed by atoms with E-state index in [1.165, 1.54) is 5.56 Å². The maximum Gasteiger partial charge on any atom is 0.409 e. The standard InChI is InChI=1S/C21H28N2O3/c1-4-16-12-17-6-5-9-22-20(17)19(13-16)26-18-7-10-23(11-8-18)21(24)25-14-15(2)3/h5-6,9,12-13,15,18H,4,7-8,10-11,14H2,1-3H3. The van der Waals surface area contributed by atoms with Gasteiger partial charge in [0.25, 0.3) is 0 Å². The summed E-state index contributed by atoms with van der Waals surface area (Å²) in [6.07, 6.45) is 4.26.